The van der Waals surface area contributed by atoms with Crippen molar-refractivity contribution in [3.63, 3.8) is 0 Å². The van der Waals surface area contributed by atoms with Crippen molar-refractivity contribution in [3.05, 3.63) is 93.8 Å². The summed E-state index contributed by atoms with van der Waals surface area (Å²) in [6.45, 7) is 0.179. The predicted molar refractivity (Wildman–Crippen MR) is 128 cm³/mol. The summed E-state index contributed by atoms with van der Waals surface area (Å²) in [5.74, 6) is -1.22. The van der Waals surface area contributed by atoms with E-state index in [1.807, 2.05) is 77.2 Å². The highest BCUT2D eigenvalue weighted by molar-refractivity contribution is 7.12. The number of rotatable bonds is 5. The Morgan fingerprint density at radius 1 is 0.971 bits per heavy atom. The summed E-state index contributed by atoms with van der Waals surface area (Å²) in [6.07, 6.45) is 3.85. The number of carbonyl (C=O) groups is 3. The van der Waals surface area contributed by atoms with Gasteiger partial charge in [0.2, 0.25) is 11.8 Å². The van der Waals surface area contributed by atoms with E-state index in [0.717, 1.165) is 16.7 Å². The molecular weight excluding hydrogens is 448 g/mol. The average molecular weight is 471 g/mol. The van der Waals surface area contributed by atoms with Crippen LogP contribution in [0.1, 0.15) is 32.4 Å². The third kappa shape index (κ3) is 3.04. The summed E-state index contributed by atoms with van der Waals surface area (Å²) in [4.78, 5) is 45.0. The van der Waals surface area contributed by atoms with Crippen LogP contribution in [0.2, 0.25) is 0 Å². The van der Waals surface area contributed by atoms with Gasteiger partial charge in [-0.05, 0) is 46.3 Å². The van der Waals surface area contributed by atoms with Crippen LogP contribution >= 0.6 is 11.3 Å². The van der Waals surface area contributed by atoms with E-state index in [1.165, 1.54) is 16.2 Å². The first-order chi connectivity index (χ1) is 16.6. The highest BCUT2D eigenvalue weighted by Crippen LogP contribution is 2.53. The lowest BCUT2D eigenvalue weighted by Gasteiger charge is -2.35. The number of ketones is 1. The second kappa shape index (κ2) is 7.95. The fourth-order valence-electron chi connectivity index (χ4n) is 5.55. The molecule has 3 aliphatic rings. The topological polar surface area (TPSA) is 66.9 Å². The largest absolute Gasteiger partial charge is 0.497 e. The molecule has 0 saturated carbocycles. The fourth-order valence-corrected chi connectivity index (χ4v) is 6.25. The number of thiophene rings is 1. The van der Waals surface area contributed by atoms with Gasteiger partial charge in [-0.2, -0.15) is 0 Å². The van der Waals surface area contributed by atoms with Crippen molar-refractivity contribution in [2.75, 3.05) is 7.11 Å². The van der Waals surface area contributed by atoms with Crippen molar-refractivity contribution in [1.29, 1.82) is 0 Å². The van der Waals surface area contributed by atoms with E-state index in [9.17, 15) is 14.4 Å². The van der Waals surface area contributed by atoms with E-state index in [0.29, 0.717) is 10.6 Å². The summed E-state index contributed by atoms with van der Waals surface area (Å²) in [7, 11) is 1.59. The lowest BCUT2D eigenvalue weighted by Crippen LogP contribution is -2.43. The molecule has 0 aliphatic carbocycles. The number of methoxy groups -OCH3 is 1. The Balaban J connectivity index is 1.41. The number of benzene rings is 2. The van der Waals surface area contributed by atoms with Gasteiger partial charge in [0.25, 0.3) is 0 Å². The Kier molecular flexibility index (Phi) is 4.88. The summed E-state index contributed by atoms with van der Waals surface area (Å²) >= 11 is 1.36. The molecule has 2 aromatic carbocycles. The molecule has 1 aromatic heterocycles. The van der Waals surface area contributed by atoms with Crippen molar-refractivity contribution in [3.8, 4) is 5.75 Å². The average Bonchev–Trinajstić information content (AvgIpc) is 3.58. The fraction of sp³-hybridized carbons (Fsp3) is 0.222. The molecule has 4 atom stereocenters. The van der Waals surface area contributed by atoms with E-state index in [2.05, 4.69) is 0 Å². The quantitative estimate of drug-likeness (QED) is 0.414. The molecule has 3 aliphatic heterocycles. The zero-order chi connectivity index (χ0) is 23.4. The smallest absolute Gasteiger partial charge is 0.236 e. The first-order valence-corrected chi connectivity index (χ1v) is 12.1. The summed E-state index contributed by atoms with van der Waals surface area (Å²) < 4.78 is 5.21. The van der Waals surface area contributed by atoms with Crippen LogP contribution in [0.5, 0.6) is 5.75 Å². The molecule has 2 saturated heterocycles. The molecule has 6 rings (SSSR count). The van der Waals surface area contributed by atoms with Gasteiger partial charge in [0.1, 0.15) is 11.8 Å². The molecule has 0 bridgehead atoms. The standard InChI is InChI=1S/C27H22N2O4S/c1-33-18-10-8-16(9-11-18)15-29-26(31)21-22(27(29)32)24(25(30)20-7-4-14-34-20)28-13-12-17-5-2-3-6-19(17)23(21)28/h2-14,21-24H,15H2,1H3/t21-,22+,23-,24+/m0/s1. The number of fused-ring (bicyclic) bond motifs is 5. The number of amides is 2. The van der Waals surface area contributed by atoms with Crippen LogP contribution in [-0.2, 0) is 16.1 Å². The van der Waals surface area contributed by atoms with Gasteiger partial charge in [-0.15, -0.1) is 11.3 Å². The minimum Gasteiger partial charge on any atom is -0.497 e. The van der Waals surface area contributed by atoms with E-state index in [1.54, 1.807) is 13.2 Å². The van der Waals surface area contributed by atoms with Gasteiger partial charge in [0.15, 0.2) is 5.78 Å². The van der Waals surface area contributed by atoms with Crippen LogP contribution in [0.3, 0.4) is 0 Å². The second-order valence-electron chi connectivity index (χ2n) is 8.79. The molecule has 170 valence electrons. The van der Waals surface area contributed by atoms with Crippen molar-refractivity contribution in [2.45, 2.75) is 18.6 Å². The van der Waals surface area contributed by atoms with E-state index in [-0.39, 0.29) is 30.2 Å². The maximum Gasteiger partial charge on any atom is 0.236 e. The highest BCUT2D eigenvalue weighted by Gasteiger charge is 2.64. The van der Waals surface area contributed by atoms with Crippen LogP contribution < -0.4 is 4.74 Å². The molecule has 0 unspecified atom stereocenters. The number of hydrogen-bond donors (Lipinski definition) is 0. The van der Waals surface area contributed by atoms with Crippen LogP contribution in [0, 0.1) is 11.8 Å². The second-order valence-corrected chi connectivity index (χ2v) is 9.73. The van der Waals surface area contributed by atoms with Gasteiger partial charge < -0.3 is 9.64 Å². The zero-order valence-electron chi connectivity index (χ0n) is 18.5. The molecule has 6 nitrogen and oxygen atoms in total. The predicted octanol–water partition coefficient (Wildman–Crippen LogP) is 4.15. The number of Topliss-reactive ketones (excluding diaryl/α,β-unsaturated/α-hetero) is 1. The Morgan fingerprint density at radius 3 is 2.47 bits per heavy atom. The molecule has 2 amide bonds. The molecule has 7 heteroatoms. The molecule has 0 spiro atoms. The number of nitrogens with zero attached hydrogens (tertiary/aromatic N) is 2. The van der Waals surface area contributed by atoms with Gasteiger partial charge in [-0.1, -0.05) is 42.5 Å². The monoisotopic (exact) mass is 470 g/mol. The SMILES string of the molecule is COc1ccc(CN2C(=O)[C@@H]3[C@H](C2=O)[C@@H]2c4ccccc4C=CN2[C@H]3C(=O)c2cccs2)cc1. The Labute approximate surface area is 201 Å². The summed E-state index contributed by atoms with van der Waals surface area (Å²) in [5, 5.41) is 1.86. The van der Waals surface area contributed by atoms with E-state index < -0.39 is 17.9 Å². The molecule has 2 fully saturated rings. The van der Waals surface area contributed by atoms with Crippen molar-refractivity contribution in [1.82, 2.24) is 9.80 Å². The van der Waals surface area contributed by atoms with Gasteiger partial charge in [0, 0.05) is 6.20 Å². The zero-order valence-corrected chi connectivity index (χ0v) is 19.3. The molecule has 0 N–H and O–H groups in total. The number of imide groups is 1. The minimum atomic E-state index is -0.721. The van der Waals surface area contributed by atoms with Gasteiger partial charge in [0.05, 0.1) is 36.4 Å². The third-order valence-corrected chi connectivity index (χ3v) is 7.97. The summed E-state index contributed by atoms with van der Waals surface area (Å²) in [5.41, 5.74) is 2.83. The summed E-state index contributed by atoms with van der Waals surface area (Å²) in [6, 6.07) is 17.8. The Hall–Kier alpha value is -3.71. The van der Waals surface area contributed by atoms with Crippen LogP contribution in [0.25, 0.3) is 6.08 Å². The Bertz CT molecular complexity index is 1310. The number of hydrogen-bond acceptors (Lipinski definition) is 6. The van der Waals surface area contributed by atoms with Crippen molar-refractivity contribution < 1.29 is 19.1 Å². The number of likely N-dealkylation sites (tertiary alicyclic amines) is 1. The highest BCUT2D eigenvalue weighted by atomic mass is 32.1. The number of ether oxygens (including phenoxy) is 1. The lowest BCUT2D eigenvalue weighted by molar-refractivity contribution is -0.142. The van der Waals surface area contributed by atoms with Gasteiger partial charge in [-0.25, -0.2) is 0 Å². The first-order valence-electron chi connectivity index (χ1n) is 11.2. The van der Waals surface area contributed by atoms with Crippen molar-refractivity contribution in [2.24, 2.45) is 11.8 Å². The van der Waals surface area contributed by atoms with Crippen molar-refractivity contribution >= 4 is 35.0 Å². The Morgan fingerprint density at radius 2 is 1.74 bits per heavy atom. The van der Waals surface area contributed by atoms with Crippen LogP contribution in [-0.4, -0.2) is 40.5 Å². The minimum absolute atomic E-state index is 0.107. The molecule has 34 heavy (non-hydrogen) atoms. The number of carbonyl (C=O) groups excluding carboxylic acids is 3. The third-order valence-electron chi connectivity index (χ3n) is 7.09. The van der Waals surface area contributed by atoms with Gasteiger partial charge >= 0.3 is 0 Å². The molecule has 0 radical (unpaired) electrons. The van der Waals surface area contributed by atoms with Crippen LogP contribution in [0.15, 0.2) is 72.2 Å². The first kappa shape index (κ1) is 20.9. The maximum absolute atomic E-state index is 13.8. The van der Waals surface area contributed by atoms with Gasteiger partial charge in [-0.3, -0.25) is 19.3 Å². The molecule has 4 heterocycles. The molecule has 3 aromatic rings. The maximum atomic E-state index is 13.8. The van der Waals surface area contributed by atoms with Crippen LogP contribution in [0.4, 0.5) is 0 Å². The molecular formula is C27H22N2O4S. The van der Waals surface area contributed by atoms with E-state index in [4.69, 9.17) is 4.74 Å². The van der Waals surface area contributed by atoms with E-state index >= 15 is 0 Å². The normalized spacial score (nSPS) is 24.7. The lowest BCUT2D eigenvalue weighted by atomic mass is 9.84.